The van der Waals surface area contributed by atoms with Crippen LogP contribution in [0.2, 0.25) is 0 Å². The van der Waals surface area contributed by atoms with Gasteiger partial charge in [-0.2, -0.15) is 0 Å². The minimum absolute atomic E-state index is 0.0569. The number of nitrogens with one attached hydrogen (secondary N) is 1. The first-order valence-electron chi connectivity index (χ1n) is 3.41. The molecule has 0 unspecified atom stereocenters. The molecule has 13 heavy (non-hydrogen) atoms. The lowest BCUT2D eigenvalue weighted by molar-refractivity contribution is 0.0698. The minimum Gasteiger partial charge on any atom is -0.478 e. The van der Waals surface area contributed by atoms with E-state index in [-0.39, 0.29) is 11.3 Å². The van der Waals surface area contributed by atoms with Crippen molar-refractivity contribution in [3.05, 3.63) is 29.8 Å². The van der Waals surface area contributed by atoms with Crippen LogP contribution in [0.3, 0.4) is 0 Å². The molecule has 1 rings (SSSR count). The molecule has 0 aliphatic rings. The molecule has 0 atom stereocenters. The van der Waals surface area contributed by atoms with Gasteiger partial charge < -0.3 is 5.11 Å². The monoisotopic (exact) mass is 178 g/mol. The van der Waals surface area contributed by atoms with E-state index >= 15 is 0 Å². The smallest absolute Gasteiger partial charge is 0.337 e. The average Bonchev–Trinajstić information content (AvgIpc) is 2.15. The fourth-order valence-electron chi connectivity index (χ4n) is 0.850. The molecular weight excluding hydrogens is 172 g/mol. The van der Waals surface area contributed by atoms with Gasteiger partial charge in [0.25, 0.3) is 6.08 Å². The second-order valence-electron chi connectivity index (χ2n) is 2.17. The van der Waals surface area contributed by atoms with Crippen molar-refractivity contribution in [2.45, 2.75) is 0 Å². The van der Waals surface area contributed by atoms with E-state index < -0.39 is 5.97 Å². The van der Waals surface area contributed by atoms with Gasteiger partial charge in [-0.05, 0) is 12.1 Å². The molecule has 0 amide bonds. The number of carboxylic acids is 1. The SMILES string of the molecule is O=C=NNc1ccccc1C(=O)O. The van der Waals surface area contributed by atoms with Gasteiger partial charge in [0.05, 0.1) is 11.3 Å². The zero-order chi connectivity index (χ0) is 9.68. The highest BCUT2D eigenvalue weighted by atomic mass is 16.4. The molecule has 1 aromatic rings. The average molecular weight is 178 g/mol. The number of rotatable bonds is 3. The molecule has 0 fully saturated rings. The van der Waals surface area contributed by atoms with Crippen LogP contribution >= 0.6 is 0 Å². The summed E-state index contributed by atoms with van der Waals surface area (Å²) in [6, 6.07) is 6.13. The molecule has 0 aromatic heterocycles. The number of hydrazone groups is 1. The number of benzene rings is 1. The summed E-state index contributed by atoms with van der Waals surface area (Å²) >= 11 is 0. The third kappa shape index (κ3) is 2.15. The predicted molar refractivity (Wildman–Crippen MR) is 45.1 cm³/mol. The Bertz CT molecular complexity index is 369. The Labute approximate surface area is 73.7 Å². The summed E-state index contributed by atoms with van der Waals surface area (Å²) in [7, 11) is 0. The van der Waals surface area contributed by atoms with E-state index in [0.717, 1.165) is 0 Å². The Kier molecular flexibility index (Phi) is 2.78. The van der Waals surface area contributed by atoms with Gasteiger partial charge in [-0.3, -0.25) is 5.43 Å². The van der Waals surface area contributed by atoms with Crippen molar-refractivity contribution in [3.8, 4) is 0 Å². The lowest BCUT2D eigenvalue weighted by Crippen LogP contribution is -2.01. The molecule has 0 aliphatic carbocycles. The summed E-state index contributed by atoms with van der Waals surface area (Å²) in [5, 5.41) is 11.8. The summed E-state index contributed by atoms with van der Waals surface area (Å²) in [4.78, 5) is 20.4. The van der Waals surface area contributed by atoms with Crippen LogP contribution in [-0.4, -0.2) is 17.2 Å². The summed E-state index contributed by atoms with van der Waals surface area (Å²) in [5.41, 5.74) is 2.58. The molecule has 2 N–H and O–H groups in total. The predicted octanol–water partition coefficient (Wildman–Crippen LogP) is 1.05. The van der Waals surface area contributed by atoms with Gasteiger partial charge in [-0.25, -0.2) is 9.59 Å². The normalized spacial score (nSPS) is 8.62. The van der Waals surface area contributed by atoms with Crippen molar-refractivity contribution >= 4 is 17.7 Å². The van der Waals surface area contributed by atoms with Crippen LogP contribution in [0.25, 0.3) is 0 Å². The van der Waals surface area contributed by atoms with E-state index in [1.54, 1.807) is 12.1 Å². The second-order valence-corrected chi connectivity index (χ2v) is 2.17. The fourth-order valence-corrected chi connectivity index (χ4v) is 0.850. The quantitative estimate of drug-likeness (QED) is 0.412. The minimum atomic E-state index is -1.08. The molecule has 0 saturated carbocycles. The van der Waals surface area contributed by atoms with Crippen molar-refractivity contribution in [2.75, 3.05) is 5.43 Å². The Morgan fingerprint density at radius 3 is 2.77 bits per heavy atom. The highest BCUT2D eigenvalue weighted by Crippen LogP contribution is 2.14. The van der Waals surface area contributed by atoms with E-state index in [0.29, 0.717) is 0 Å². The number of nitrogens with zero attached hydrogens (tertiary/aromatic N) is 1. The zero-order valence-electron chi connectivity index (χ0n) is 6.52. The number of carbonyl (C=O) groups excluding carboxylic acids is 1. The summed E-state index contributed by atoms with van der Waals surface area (Å²) in [6.45, 7) is 0. The van der Waals surface area contributed by atoms with Crippen LogP contribution in [0, 0.1) is 0 Å². The van der Waals surface area contributed by atoms with Gasteiger partial charge in [0, 0.05) is 0 Å². The number of carboxylic acid groups (broad SMARTS) is 1. The highest BCUT2D eigenvalue weighted by Gasteiger charge is 2.07. The second kappa shape index (κ2) is 4.04. The van der Waals surface area contributed by atoms with Crippen LogP contribution in [0.1, 0.15) is 10.4 Å². The first kappa shape index (κ1) is 8.96. The lowest BCUT2D eigenvalue weighted by atomic mass is 10.2. The van der Waals surface area contributed by atoms with E-state index in [9.17, 15) is 9.59 Å². The van der Waals surface area contributed by atoms with Gasteiger partial charge in [0.15, 0.2) is 0 Å². The number of aromatic carboxylic acids is 1. The molecule has 0 heterocycles. The van der Waals surface area contributed by atoms with Gasteiger partial charge >= 0.3 is 5.97 Å². The molecule has 0 bridgehead atoms. The van der Waals surface area contributed by atoms with Crippen LogP contribution in [0.4, 0.5) is 5.69 Å². The third-order valence-electron chi connectivity index (χ3n) is 1.38. The van der Waals surface area contributed by atoms with Crippen molar-refractivity contribution in [3.63, 3.8) is 0 Å². The van der Waals surface area contributed by atoms with E-state index in [2.05, 4.69) is 10.5 Å². The first-order chi connectivity index (χ1) is 6.25. The van der Waals surface area contributed by atoms with Crippen molar-refractivity contribution in [2.24, 2.45) is 5.10 Å². The number of isocyanates is 1. The first-order valence-corrected chi connectivity index (χ1v) is 3.41. The topological polar surface area (TPSA) is 78.8 Å². The zero-order valence-corrected chi connectivity index (χ0v) is 6.52. The van der Waals surface area contributed by atoms with Crippen molar-refractivity contribution < 1.29 is 14.7 Å². The standard InChI is InChI=1S/C8H6N2O3/c11-5-9-10-7-4-2-1-3-6(7)8(12)13/h1-4,10H,(H,12,13). The molecule has 66 valence electrons. The van der Waals surface area contributed by atoms with E-state index in [4.69, 9.17) is 5.11 Å². The largest absolute Gasteiger partial charge is 0.478 e. The van der Waals surface area contributed by atoms with Gasteiger partial charge in [0.1, 0.15) is 0 Å². The Morgan fingerprint density at radius 2 is 2.15 bits per heavy atom. The van der Waals surface area contributed by atoms with Gasteiger partial charge in [-0.1, -0.05) is 17.2 Å². The van der Waals surface area contributed by atoms with Crippen LogP contribution < -0.4 is 5.43 Å². The number of anilines is 1. The molecule has 5 heteroatoms. The Balaban J connectivity index is 3.04. The molecule has 5 nitrogen and oxygen atoms in total. The van der Waals surface area contributed by atoms with Crippen LogP contribution in [0.15, 0.2) is 29.4 Å². The number of para-hydroxylation sites is 1. The van der Waals surface area contributed by atoms with Crippen LogP contribution in [0.5, 0.6) is 0 Å². The Hall–Kier alpha value is -2.13. The maximum atomic E-state index is 10.6. The summed E-state index contributed by atoms with van der Waals surface area (Å²) in [5.74, 6) is -1.08. The summed E-state index contributed by atoms with van der Waals surface area (Å²) in [6.07, 6.45) is 1.25. The molecular formula is C8H6N2O3. The van der Waals surface area contributed by atoms with Gasteiger partial charge in [0.2, 0.25) is 0 Å². The van der Waals surface area contributed by atoms with Crippen LogP contribution in [-0.2, 0) is 4.79 Å². The number of carbonyl (C=O) groups is 1. The third-order valence-corrected chi connectivity index (χ3v) is 1.38. The maximum absolute atomic E-state index is 10.6. The lowest BCUT2D eigenvalue weighted by Gasteiger charge is -2.01. The fraction of sp³-hybridized carbons (Fsp3) is 0. The highest BCUT2D eigenvalue weighted by molar-refractivity contribution is 5.94. The van der Waals surface area contributed by atoms with Gasteiger partial charge in [-0.15, -0.1) is 0 Å². The molecule has 1 aromatic carbocycles. The van der Waals surface area contributed by atoms with Crippen molar-refractivity contribution in [1.29, 1.82) is 0 Å². The summed E-state index contributed by atoms with van der Waals surface area (Å²) < 4.78 is 0. The molecule has 0 spiro atoms. The maximum Gasteiger partial charge on any atom is 0.337 e. The number of hydrogen-bond donors (Lipinski definition) is 2. The molecule has 0 radical (unpaired) electrons. The van der Waals surface area contributed by atoms with E-state index in [1.165, 1.54) is 18.2 Å². The molecule has 0 saturated heterocycles. The van der Waals surface area contributed by atoms with E-state index in [1.807, 2.05) is 0 Å². The number of hydrogen-bond acceptors (Lipinski definition) is 4. The Morgan fingerprint density at radius 1 is 1.46 bits per heavy atom. The van der Waals surface area contributed by atoms with Crippen molar-refractivity contribution in [1.82, 2.24) is 0 Å². The molecule has 0 aliphatic heterocycles.